The Morgan fingerprint density at radius 3 is 2.10 bits per heavy atom. The Morgan fingerprint density at radius 1 is 0.902 bits per heavy atom. The standard InChI is InChI=1S/C31H37Cl2N3O4S/c1-5-24-14-9-10-17-28(24)36(41(4,39)40)21-30(37)35(20-25-26(32)15-11-16-27(25)33)29(31(38)34-19-22(2)3)18-23-12-7-6-8-13-23/h6-17,22,29H,5,18-21H2,1-4H3,(H,34,38)/t29-/m1/s1. The Kier molecular flexibility index (Phi) is 11.6. The lowest BCUT2D eigenvalue weighted by atomic mass is 10.0. The van der Waals surface area contributed by atoms with Gasteiger partial charge in [0.25, 0.3) is 0 Å². The largest absolute Gasteiger partial charge is 0.354 e. The Labute approximate surface area is 253 Å². The van der Waals surface area contributed by atoms with Crippen LogP contribution in [0.25, 0.3) is 0 Å². The van der Waals surface area contributed by atoms with E-state index in [9.17, 15) is 18.0 Å². The quantitative estimate of drug-likeness (QED) is 0.265. The molecule has 41 heavy (non-hydrogen) atoms. The molecular weight excluding hydrogens is 581 g/mol. The minimum atomic E-state index is -3.86. The number of nitrogens with one attached hydrogen (secondary N) is 1. The highest BCUT2D eigenvalue weighted by molar-refractivity contribution is 7.92. The van der Waals surface area contributed by atoms with E-state index in [1.165, 1.54) is 4.90 Å². The summed E-state index contributed by atoms with van der Waals surface area (Å²) in [6.45, 7) is 5.71. The molecule has 0 saturated carbocycles. The zero-order valence-electron chi connectivity index (χ0n) is 23.8. The second-order valence-electron chi connectivity index (χ2n) is 10.3. The number of benzene rings is 3. The molecule has 3 aromatic rings. The van der Waals surface area contributed by atoms with E-state index in [4.69, 9.17) is 23.2 Å². The van der Waals surface area contributed by atoms with E-state index < -0.39 is 28.5 Å². The lowest BCUT2D eigenvalue weighted by molar-refractivity contribution is -0.140. The van der Waals surface area contributed by atoms with Crippen molar-refractivity contribution >= 4 is 50.7 Å². The van der Waals surface area contributed by atoms with Crippen LogP contribution in [0.15, 0.2) is 72.8 Å². The van der Waals surface area contributed by atoms with E-state index in [2.05, 4.69) is 5.32 Å². The number of carbonyl (C=O) groups is 2. The number of hydrogen-bond acceptors (Lipinski definition) is 4. The molecule has 0 aliphatic rings. The number of anilines is 1. The molecule has 0 radical (unpaired) electrons. The highest BCUT2D eigenvalue weighted by atomic mass is 35.5. The highest BCUT2D eigenvalue weighted by Crippen LogP contribution is 2.28. The second kappa shape index (κ2) is 14.7. The van der Waals surface area contributed by atoms with Crippen molar-refractivity contribution in [1.82, 2.24) is 10.2 Å². The van der Waals surface area contributed by atoms with Crippen LogP contribution in [0.4, 0.5) is 5.69 Å². The number of carbonyl (C=O) groups excluding carboxylic acids is 2. The summed E-state index contributed by atoms with van der Waals surface area (Å²) in [7, 11) is -3.86. The number of hydrogen-bond donors (Lipinski definition) is 1. The Balaban J connectivity index is 2.11. The van der Waals surface area contributed by atoms with Crippen LogP contribution in [-0.4, -0.2) is 50.5 Å². The van der Waals surface area contributed by atoms with Crippen LogP contribution in [0.3, 0.4) is 0 Å². The predicted molar refractivity (Wildman–Crippen MR) is 167 cm³/mol. The van der Waals surface area contributed by atoms with Crippen LogP contribution >= 0.6 is 23.2 Å². The van der Waals surface area contributed by atoms with Gasteiger partial charge in [-0.1, -0.05) is 98.6 Å². The predicted octanol–water partition coefficient (Wildman–Crippen LogP) is 5.73. The van der Waals surface area contributed by atoms with E-state index in [1.807, 2.05) is 63.2 Å². The number of nitrogens with zero attached hydrogens (tertiary/aromatic N) is 2. The minimum Gasteiger partial charge on any atom is -0.354 e. The molecule has 0 saturated heterocycles. The normalized spacial score (nSPS) is 12.2. The summed E-state index contributed by atoms with van der Waals surface area (Å²) in [4.78, 5) is 29.3. The Bertz CT molecular complexity index is 1430. The molecule has 0 aromatic heterocycles. The SMILES string of the molecule is CCc1ccccc1N(CC(=O)N(Cc1c(Cl)cccc1Cl)[C@H](Cc1ccccc1)C(=O)NCC(C)C)S(C)(=O)=O. The molecule has 0 fully saturated rings. The van der Waals surface area contributed by atoms with Crippen molar-refractivity contribution in [1.29, 1.82) is 0 Å². The van der Waals surface area contributed by atoms with E-state index in [0.29, 0.717) is 34.3 Å². The molecule has 0 aliphatic heterocycles. The van der Waals surface area contributed by atoms with E-state index in [0.717, 1.165) is 21.7 Å². The fraction of sp³-hybridized carbons (Fsp3) is 0.355. The second-order valence-corrected chi connectivity index (χ2v) is 13.0. The molecule has 2 amide bonds. The summed E-state index contributed by atoms with van der Waals surface area (Å²) in [5, 5.41) is 3.64. The van der Waals surface area contributed by atoms with Gasteiger partial charge in [-0.2, -0.15) is 0 Å². The van der Waals surface area contributed by atoms with Crippen molar-refractivity contribution in [2.45, 2.75) is 46.2 Å². The first-order valence-electron chi connectivity index (χ1n) is 13.5. The third kappa shape index (κ3) is 8.96. The summed E-state index contributed by atoms with van der Waals surface area (Å²) in [6, 6.07) is 20.5. The molecule has 1 N–H and O–H groups in total. The summed E-state index contributed by atoms with van der Waals surface area (Å²) in [6.07, 6.45) is 1.85. The Morgan fingerprint density at radius 2 is 1.51 bits per heavy atom. The molecule has 0 heterocycles. The number of halogens is 2. The van der Waals surface area contributed by atoms with Gasteiger partial charge in [-0.3, -0.25) is 13.9 Å². The van der Waals surface area contributed by atoms with Crippen LogP contribution in [0.1, 0.15) is 37.5 Å². The molecule has 7 nitrogen and oxygen atoms in total. The Hall–Kier alpha value is -3.07. The number of para-hydroxylation sites is 1. The van der Waals surface area contributed by atoms with Crippen molar-refractivity contribution < 1.29 is 18.0 Å². The van der Waals surface area contributed by atoms with Gasteiger partial charge in [-0.15, -0.1) is 0 Å². The summed E-state index contributed by atoms with van der Waals surface area (Å²) in [5.41, 5.74) is 2.52. The molecule has 3 aromatic carbocycles. The fourth-order valence-corrected chi connectivity index (χ4v) is 5.88. The van der Waals surface area contributed by atoms with Gasteiger partial charge in [0.2, 0.25) is 21.8 Å². The number of aryl methyl sites for hydroxylation is 1. The average Bonchev–Trinajstić information content (AvgIpc) is 2.93. The average molecular weight is 619 g/mol. The molecule has 0 aliphatic carbocycles. The molecule has 10 heteroatoms. The first-order chi connectivity index (χ1) is 19.4. The van der Waals surface area contributed by atoms with Crippen molar-refractivity contribution in [3.05, 3.63) is 99.5 Å². The lowest BCUT2D eigenvalue weighted by Gasteiger charge is -2.34. The van der Waals surface area contributed by atoms with Crippen molar-refractivity contribution in [3.63, 3.8) is 0 Å². The van der Waals surface area contributed by atoms with E-state index >= 15 is 0 Å². The van der Waals surface area contributed by atoms with Crippen molar-refractivity contribution in [2.75, 3.05) is 23.7 Å². The van der Waals surface area contributed by atoms with Gasteiger partial charge in [-0.05, 0) is 41.7 Å². The maximum atomic E-state index is 14.2. The minimum absolute atomic E-state index is 0.0863. The van der Waals surface area contributed by atoms with Gasteiger partial charge >= 0.3 is 0 Å². The van der Waals surface area contributed by atoms with Crippen LogP contribution in [0.2, 0.25) is 10.0 Å². The molecule has 0 unspecified atom stereocenters. The lowest BCUT2D eigenvalue weighted by Crippen LogP contribution is -2.53. The van der Waals surface area contributed by atoms with Gasteiger partial charge in [0.15, 0.2) is 0 Å². The number of sulfonamides is 1. The third-order valence-corrected chi connectivity index (χ3v) is 8.50. The van der Waals surface area contributed by atoms with Crippen LogP contribution in [-0.2, 0) is 39.0 Å². The molecule has 0 bridgehead atoms. The number of rotatable bonds is 13. The van der Waals surface area contributed by atoms with Crippen molar-refractivity contribution in [3.8, 4) is 0 Å². The molecule has 220 valence electrons. The zero-order valence-corrected chi connectivity index (χ0v) is 26.1. The van der Waals surface area contributed by atoms with E-state index in [1.54, 1.807) is 30.3 Å². The van der Waals surface area contributed by atoms with Crippen molar-refractivity contribution in [2.24, 2.45) is 5.92 Å². The first-order valence-corrected chi connectivity index (χ1v) is 16.1. The summed E-state index contributed by atoms with van der Waals surface area (Å²) >= 11 is 13.0. The topological polar surface area (TPSA) is 86.8 Å². The van der Waals surface area contributed by atoms with Gasteiger partial charge in [-0.25, -0.2) is 8.42 Å². The zero-order chi connectivity index (χ0) is 30.2. The van der Waals surface area contributed by atoms with Gasteiger partial charge in [0.05, 0.1) is 11.9 Å². The highest BCUT2D eigenvalue weighted by Gasteiger charge is 2.34. The molecular formula is C31H37Cl2N3O4S. The fourth-order valence-electron chi connectivity index (χ4n) is 4.48. The van der Waals surface area contributed by atoms with E-state index in [-0.39, 0.29) is 24.8 Å². The van der Waals surface area contributed by atoms with Crippen LogP contribution in [0, 0.1) is 5.92 Å². The smallest absolute Gasteiger partial charge is 0.244 e. The maximum absolute atomic E-state index is 14.2. The van der Waals surface area contributed by atoms with Gasteiger partial charge in [0.1, 0.15) is 12.6 Å². The third-order valence-electron chi connectivity index (χ3n) is 6.67. The van der Waals surface area contributed by atoms with Crippen LogP contribution in [0.5, 0.6) is 0 Å². The monoisotopic (exact) mass is 617 g/mol. The number of amides is 2. The van der Waals surface area contributed by atoms with Crippen LogP contribution < -0.4 is 9.62 Å². The van der Waals surface area contributed by atoms with Gasteiger partial charge in [0, 0.05) is 35.1 Å². The molecule has 3 rings (SSSR count). The summed E-state index contributed by atoms with van der Waals surface area (Å²) in [5.74, 6) is -0.721. The van der Waals surface area contributed by atoms with Gasteiger partial charge < -0.3 is 10.2 Å². The molecule has 1 atom stereocenters. The maximum Gasteiger partial charge on any atom is 0.244 e. The first kappa shape index (κ1) is 32.4. The summed E-state index contributed by atoms with van der Waals surface area (Å²) < 4.78 is 27.2. The molecule has 0 spiro atoms.